The van der Waals surface area contributed by atoms with Crippen LogP contribution in [0.2, 0.25) is 0 Å². The van der Waals surface area contributed by atoms with Gasteiger partial charge in [0.15, 0.2) is 6.29 Å². The average molecular weight is 374 g/mol. The molecule has 10 heteroatoms. The number of hydrogen-bond donors (Lipinski definition) is 8. The lowest BCUT2D eigenvalue weighted by molar-refractivity contribution is -0.139. The predicted molar refractivity (Wildman–Crippen MR) is 89.8 cm³/mol. The minimum absolute atomic E-state index is 0.0628. The minimum atomic E-state index is -1.10. The van der Waals surface area contributed by atoms with Gasteiger partial charge in [0.05, 0.1) is 25.9 Å². The largest absolute Gasteiger partial charge is 0.481 e. The summed E-state index contributed by atoms with van der Waals surface area (Å²) >= 11 is 0. The van der Waals surface area contributed by atoms with Gasteiger partial charge in [0.1, 0.15) is 0 Å². The number of aliphatic carboxylic acids is 2. The maximum absolute atomic E-state index is 9.90. The van der Waals surface area contributed by atoms with Crippen molar-refractivity contribution in [2.75, 3.05) is 19.8 Å². The quantitative estimate of drug-likeness (QED) is 0.186. The molecule has 0 rings (SSSR count). The third-order valence-electron chi connectivity index (χ3n) is 1.94. The molecule has 0 saturated carbocycles. The number of hydrogen-bond acceptors (Lipinski definition) is 8. The summed E-state index contributed by atoms with van der Waals surface area (Å²) in [4.78, 5) is 19.8. The maximum atomic E-state index is 9.90. The number of aliphatic hydroxyl groups is 6. The molecule has 0 aliphatic carbocycles. The molecule has 0 fully saturated rings. The molecular formula is C15H34O10. The van der Waals surface area contributed by atoms with Crippen molar-refractivity contribution in [3.8, 4) is 0 Å². The Hall–Kier alpha value is -1.30. The van der Waals surface area contributed by atoms with E-state index in [0.29, 0.717) is 19.3 Å². The highest BCUT2D eigenvalue weighted by molar-refractivity contribution is 5.67. The van der Waals surface area contributed by atoms with Crippen LogP contribution >= 0.6 is 0 Å². The van der Waals surface area contributed by atoms with E-state index in [1.54, 1.807) is 0 Å². The fourth-order valence-corrected chi connectivity index (χ4v) is 0.811. The number of carboxylic acids is 2. The first-order chi connectivity index (χ1) is 11.6. The van der Waals surface area contributed by atoms with Gasteiger partial charge in [-0.15, -0.1) is 0 Å². The Morgan fingerprint density at radius 1 is 0.840 bits per heavy atom. The topological polar surface area (TPSA) is 196 Å². The summed E-state index contributed by atoms with van der Waals surface area (Å²) in [5.74, 6) is -1.74. The molecule has 0 saturated heterocycles. The molecule has 0 bridgehead atoms. The van der Waals surface area contributed by atoms with E-state index in [1.807, 2.05) is 6.92 Å². The Kier molecular flexibility index (Phi) is 34.7. The molecule has 154 valence electrons. The third-order valence-corrected chi connectivity index (χ3v) is 1.94. The lowest BCUT2D eigenvalue weighted by Crippen LogP contribution is -2.03. The SMILES string of the molecule is CC(O)CO.CCCC(O)O.O=C(O)CCCCC(=O)O.OCCO. The summed E-state index contributed by atoms with van der Waals surface area (Å²) in [6.07, 6.45) is 0.673. The normalized spacial score (nSPS) is 10.3. The van der Waals surface area contributed by atoms with Gasteiger partial charge in [-0.05, 0) is 26.2 Å². The van der Waals surface area contributed by atoms with Crippen LogP contribution in [0.25, 0.3) is 0 Å². The van der Waals surface area contributed by atoms with E-state index in [0.717, 1.165) is 6.42 Å². The van der Waals surface area contributed by atoms with Crippen molar-refractivity contribution in [2.45, 2.75) is 64.8 Å². The van der Waals surface area contributed by atoms with E-state index in [4.69, 9.17) is 40.9 Å². The maximum Gasteiger partial charge on any atom is 0.303 e. The van der Waals surface area contributed by atoms with Crippen molar-refractivity contribution in [3.05, 3.63) is 0 Å². The number of rotatable bonds is 9. The molecule has 10 nitrogen and oxygen atoms in total. The number of aliphatic hydroxyl groups excluding tert-OH is 5. The average Bonchev–Trinajstić information content (AvgIpc) is 2.52. The zero-order chi connectivity index (χ0) is 20.7. The zero-order valence-corrected chi connectivity index (χ0v) is 14.9. The predicted octanol–water partition coefficient (Wildman–Crippen LogP) is -0.856. The molecule has 0 heterocycles. The molecular weight excluding hydrogens is 340 g/mol. The highest BCUT2D eigenvalue weighted by Crippen LogP contribution is 1.98. The van der Waals surface area contributed by atoms with Crippen LogP contribution in [0.1, 0.15) is 52.4 Å². The lowest BCUT2D eigenvalue weighted by Gasteiger charge is -1.94. The summed E-state index contributed by atoms with van der Waals surface area (Å²) in [6, 6.07) is 0. The Morgan fingerprint density at radius 2 is 1.16 bits per heavy atom. The second-order valence-electron chi connectivity index (χ2n) is 4.74. The Morgan fingerprint density at radius 3 is 1.24 bits per heavy atom. The fraction of sp³-hybridized carbons (Fsp3) is 0.867. The van der Waals surface area contributed by atoms with Crippen LogP contribution in [0.3, 0.4) is 0 Å². The Labute approximate surface area is 148 Å². The lowest BCUT2D eigenvalue weighted by atomic mass is 10.2. The summed E-state index contributed by atoms with van der Waals surface area (Å²) in [6.45, 7) is 3.04. The minimum Gasteiger partial charge on any atom is -0.481 e. The van der Waals surface area contributed by atoms with E-state index in [9.17, 15) is 9.59 Å². The second-order valence-corrected chi connectivity index (χ2v) is 4.74. The monoisotopic (exact) mass is 374 g/mol. The van der Waals surface area contributed by atoms with Gasteiger partial charge in [-0.3, -0.25) is 9.59 Å². The van der Waals surface area contributed by atoms with Crippen molar-refractivity contribution in [1.29, 1.82) is 0 Å². The Bertz CT molecular complexity index is 251. The first-order valence-electron chi connectivity index (χ1n) is 7.89. The standard InChI is InChI=1S/C6H10O4.C4H10O2.C3H8O2.C2H6O2/c7-5(8)3-1-2-4-6(9)10;1-2-3-4(5)6;1-3(5)2-4;3-1-2-4/h1-4H2,(H,7,8)(H,9,10);4-6H,2-3H2,1H3;3-5H,2H2,1H3;3-4H,1-2H2. The molecule has 0 spiro atoms. The number of carbonyl (C=O) groups is 2. The summed E-state index contributed by atoms with van der Waals surface area (Å²) in [5, 5.41) is 63.7. The van der Waals surface area contributed by atoms with Gasteiger partial charge < -0.3 is 40.9 Å². The van der Waals surface area contributed by atoms with Gasteiger partial charge in [0, 0.05) is 12.8 Å². The van der Waals surface area contributed by atoms with Gasteiger partial charge in [-0.2, -0.15) is 0 Å². The van der Waals surface area contributed by atoms with Crippen LogP contribution in [0.5, 0.6) is 0 Å². The number of unbranched alkanes of at least 4 members (excludes halogenated alkanes) is 1. The van der Waals surface area contributed by atoms with Gasteiger partial charge >= 0.3 is 11.9 Å². The molecule has 8 N–H and O–H groups in total. The first-order valence-corrected chi connectivity index (χ1v) is 7.89. The van der Waals surface area contributed by atoms with E-state index in [2.05, 4.69) is 0 Å². The molecule has 0 aromatic heterocycles. The van der Waals surface area contributed by atoms with Gasteiger partial charge in [0.25, 0.3) is 0 Å². The summed E-state index contributed by atoms with van der Waals surface area (Å²) in [7, 11) is 0. The van der Waals surface area contributed by atoms with Crippen molar-refractivity contribution in [3.63, 3.8) is 0 Å². The van der Waals surface area contributed by atoms with E-state index < -0.39 is 24.3 Å². The molecule has 0 radical (unpaired) electrons. The van der Waals surface area contributed by atoms with Crippen LogP contribution in [0.15, 0.2) is 0 Å². The highest BCUT2D eigenvalue weighted by atomic mass is 16.5. The molecule has 0 aromatic rings. The molecule has 0 aromatic carbocycles. The van der Waals surface area contributed by atoms with Crippen LogP contribution in [-0.4, -0.2) is 85.0 Å². The summed E-state index contributed by atoms with van der Waals surface area (Å²) < 4.78 is 0. The molecule has 25 heavy (non-hydrogen) atoms. The first kappa shape index (κ1) is 31.5. The Balaban J connectivity index is -0.000000127. The van der Waals surface area contributed by atoms with Crippen LogP contribution in [-0.2, 0) is 9.59 Å². The van der Waals surface area contributed by atoms with Crippen LogP contribution in [0, 0.1) is 0 Å². The molecule has 0 aliphatic rings. The smallest absolute Gasteiger partial charge is 0.303 e. The van der Waals surface area contributed by atoms with Crippen LogP contribution < -0.4 is 0 Å². The summed E-state index contributed by atoms with van der Waals surface area (Å²) in [5.41, 5.74) is 0. The van der Waals surface area contributed by atoms with E-state index >= 15 is 0 Å². The van der Waals surface area contributed by atoms with Gasteiger partial charge in [-0.1, -0.05) is 13.3 Å². The number of carboxylic acid groups (broad SMARTS) is 2. The zero-order valence-electron chi connectivity index (χ0n) is 14.9. The van der Waals surface area contributed by atoms with E-state index in [1.165, 1.54) is 6.92 Å². The van der Waals surface area contributed by atoms with Crippen molar-refractivity contribution in [1.82, 2.24) is 0 Å². The van der Waals surface area contributed by atoms with Crippen LogP contribution in [0.4, 0.5) is 0 Å². The van der Waals surface area contributed by atoms with Crippen molar-refractivity contribution >= 4 is 11.9 Å². The molecule has 0 amide bonds. The fourth-order valence-electron chi connectivity index (χ4n) is 0.811. The van der Waals surface area contributed by atoms with Gasteiger partial charge in [-0.25, -0.2) is 0 Å². The van der Waals surface area contributed by atoms with Crippen molar-refractivity contribution < 1.29 is 50.4 Å². The van der Waals surface area contributed by atoms with Crippen molar-refractivity contribution in [2.24, 2.45) is 0 Å². The molecule has 1 atom stereocenters. The van der Waals surface area contributed by atoms with E-state index in [-0.39, 0.29) is 32.7 Å². The highest BCUT2D eigenvalue weighted by Gasteiger charge is 1.99. The third kappa shape index (κ3) is 71.1. The van der Waals surface area contributed by atoms with Gasteiger partial charge in [0.2, 0.25) is 0 Å². The molecule has 0 aliphatic heterocycles. The second kappa shape index (κ2) is 27.5. The molecule has 1 unspecified atom stereocenters.